The van der Waals surface area contributed by atoms with Crippen LogP contribution in [-0.2, 0) is 25.6 Å². The molecule has 13 nitrogen and oxygen atoms in total. The first-order valence-corrected chi connectivity index (χ1v) is 16.0. The van der Waals surface area contributed by atoms with Crippen LogP contribution in [0.3, 0.4) is 0 Å². The summed E-state index contributed by atoms with van der Waals surface area (Å²) in [4.78, 5) is 48.8. The predicted octanol–water partition coefficient (Wildman–Crippen LogP) is 2.10. The molecule has 3 atom stereocenters. The molecule has 1 unspecified atom stereocenters. The van der Waals surface area contributed by atoms with Crippen molar-refractivity contribution in [3.63, 3.8) is 0 Å². The number of nitrogen functional groups attached to an aromatic ring is 1. The lowest BCUT2D eigenvalue weighted by atomic mass is 9.76. The SMILES string of the molecule is CC(=O)O.N=C(N)NCCCC(NC(=O)[C@@H](NC(=O)[C@@H](Cc1ccc(C(=N)N)cc1)C1CCCCC1)C1CCCCC1)C(N)=O. The van der Waals surface area contributed by atoms with E-state index in [-0.39, 0.29) is 41.4 Å². The van der Waals surface area contributed by atoms with Crippen molar-refractivity contribution in [3.8, 4) is 0 Å². The van der Waals surface area contributed by atoms with E-state index >= 15 is 0 Å². The lowest BCUT2D eigenvalue weighted by molar-refractivity contribution is -0.135. The van der Waals surface area contributed by atoms with Gasteiger partial charge < -0.3 is 38.3 Å². The number of amidine groups is 1. The number of carbonyl (C=O) groups excluding carboxylic acids is 3. The number of carbonyl (C=O) groups is 4. The Kier molecular flexibility index (Phi) is 15.9. The average Bonchev–Trinajstić information content (AvgIpc) is 3.00. The lowest BCUT2D eigenvalue weighted by Crippen LogP contribution is -2.57. The predicted molar refractivity (Wildman–Crippen MR) is 173 cm³/mol. The number of primary amides is 1. The molecule has 13 heteroatoms. The highest BCUT2D eigenvalue weighted by atomic mass is 16.4. The van der Waals surface area contributed by atoms with E-state index in [1.54, 1.807) is 0 Å². The third-order valence-corrected chi connectivity index (χ3v) is 8.62. The van der Waals surface area contributed by atoms with Gasteiger partial charge in [0.15, 0.2) is 5.96 Å². The number of amides is 3. The van der Waals surface area contributed by atoms with E-state index in [2.05, 4.69) is 16.0 Å². The summed E-state index contributed by atoms with van der Waals surface area (Å²) in [5.74, 6) is -2.20. The standard InChI is InChI=1S/C30H48N8O3.C2H4O2/c31-26(32)22-15-13-19(14-16-22)18-23(20-8-3-1-4-9-20)28(40)38-25(21-10-5-2-6-11-21)29(41)37-24(27(33)39)12-7-17-36-30(34)35;1-2(3)4/h13-16,20-21,23-25H,1-12,17-18H2,(H3,31,32)(H2,33,39)(H,37,41)(H,38,40)(H4,34,35,36);1H3,(H,3,4)/t23-,24?,25-;/m0./s1. The van der Waals surface area contributed by atoms with Crippen LogP contribution in [0.15, 0.2) is 24.3 Å². The molecule has 2 fully saturated rings. The molecule has 3 rings (SSSR count). The summed E-state index contributed by atoms with van der Waals surface area (Å²) < 4.78 is 0. The Hall–Kier alpha value is -4.16. The van der Waals surface area contributed by atoms with E-state index in [1.165, 1.54) is 6.42 Å². The summed E-state index contributed by atoms with van der Waals surface area (Å²) in [6, 6.07) is 5.83. The van der Waals surface area contributed by atoms with Gasteiger partial charge in [0.25, 0.3) is 5.97 Å². The van der Waals surface area contributed by atoms with Crippen LogP contribution in [0.5, 0.6) is 0 Å². The van der Waals surface area contributed by atoms with Crippen molar-refractivity contribution in [2.75, 3.05) is 6.54 Å². The normalized spacial score (nSPS) is 17.4. The number of carboxylic acids is 1. The molecule has 2 aliphatic carbocycles. The van der Waals surface area contributed by atoms with Gasteiger partial charge in [0, 0.05) is 24.9 Å². The molecule has 0 aliphatic heterocycles. The number of carboxylic acid groups (broad SMARTS) is 1. The topological polar surface area (TPSA) is 250 Å². The first-order valence-electron chi connectivity index (χ1n) is 16.0. The smallest absolute Gasteiger partial charge is 0.300 e. The molecule has 2 aliphatic rings. The molecule has 0 heterocycles. The van der Waals surface area contributed by atoms with Crippen LogP contribution < -0.4 is 33.2 Å². The molecule has 0 radical (unpaired) electrons. The molecule has 0 aromatic heterocycles. The van der Waals surface area contributed by atoms with Gasteiger partial charge in [-0.15, -0.1) is 0 Å². The molecule has 0 spiro atoms. The summed E-state index contributed by atoms with van der Waals surface area (Å²) in [5, 5.41) is 31.0. The van der Waals surface area contributed by atoms with Gasteiger partial charge in [0.1, 0.15) is 17.9 Å². The van der Waals surface area contributed by atoms with Crippen molar-refractivity contribution in [1.29, 1.82) is 10.8 Å². The number of hydrogen-bond donors (Lipinski definition) is 9. The Balaban J connectivity index is 0.00000166. The Labute approximate surface area is 265 Å². The van der Waals surface area contributed by atoms with Gasteiger partial charge in [-0.05, 0) is 62.3 Å². The molecule has 1 aromatic rings. The van der Waals surface area contributed by atoms with Crippen LogP contribution >= 0.6 is 0 Å². The van der Waals surface area contributed by atoms with Gasteiger partial charge in [-0.3, -0.25) is 30.0 Å². The first kappa shape index (κ1) is 37.0. The quantitative estimate of drug-likeness (QED) is 0.0836. The molecule has 12 N–H and O–H groups in total. The van der Waals surface area contributed by atoms with Crippen LogP contribution in [0.4, 0.5) is 0 Å². The second kappa shape index (κ2) is 19.3. The van der Waals surface area contributed by atoms with Crippen molar-refractivity contribution in [2.45, 2.75) is 102 Å². The van der Waals surface area contributed by atoms with Crippen LogP contribution in [0.25, 0.3) is 0 Å². The van der Waals surface area contributed by atoms with Crippen LogP contribution in [0, 0.1) is 28.6 Å². The number of nitrogens with two attached hydrogens (primary N) is 3. The molecule has 0 saturated heterocycles. The van der Waals surface area contributed by atoms with E-state index in [1.807, 2.05) is 24.3 Å². The van der Waals surface area contributed by atoms with E-state index in [0.717, 1.165) is 70.3 Å². The molecule has 250 valence electrons. The zero-order valence-corrected chi connectivity index (χ0v) is 26.4. The number of nitrogens with one attached hydrogen (secondary N) is 5. The van der Waals surface area contributed by atoms with Crippen molar-refractivity contribution in [1.82, 2.24) is 16.0 Å². The van der Waals surface area contributed by atoms with E-state index in [9.17, 15) is 14.4 Å². The van der Waals surface area contributed by atoms with Crippen LogP contribution in [-0.4, -0.2) is 59.2 Å². The van der Waals surface area contributed by atoms with Gasteiger partial charge >= 0.3 is 0 Å². The number of hydrogen-bond acceptors (Lipinski definition) is 6. The van der Waals surface area contributed by atoms with Crippen molar-refractivity contribution < 1.29 is 24.3 Å². The molecule has 2 saturated carbocycles. The largest absolute Gasteiger partial charge is 0.481 e. The molecule has 3 amide bonds. The van der Waals surface area contributed by atoms with Gasteiger partial charge in [-0.25, -0.2) is 0 Å². The molecular weight excluding hydrogens is 576 g/mol. The number of aliphatic carboxylic acids is 1. The van der Waals surface area contributed by atoms with E-state index in [0.29, 0.717) is 31.4 Å². The molecule has 1 aromatic carbocycles. The summed E-state index contributed by atoms with van der Waals surface area (Å²) in [6.45, 7) is 1.47. The van der Waals surface area contributed by atoms with E-state index in [4.69, 9.17) is 37.9 Å². The van der Waals surface area contributed by atoms with Crippen LogP contribution in [0.2, 0.25) is 0 Å². The van der Waals surface area contributed by atoms with E-state index < -0.39 is 24.0 Å². The maximum atomic E-state index is 14.0. The third kappa shape index (κ3) is 13.6. The molecule has 0 bridgehead atoms. The summed E-state index contributed by atoms with van der Waals surface area (Å²) in [7, 11) is 0. The monoisotopic (exact) mass is 628 g/mol. The Morgan fingerprint density at radius 3 is 1.87 bits per heavy atom. The van der Waals surface area contributed by atoms with Crippen molar-refractivity contribution in [2.24, 2.45) is 35.0 Å². The van der Waals surface area contributed by atoms with Gasteiger partial charge in [-0.2, -0.15) is 0 Å². The highest BCUT2D eigenvalue weighted by molar-refractivity contribution is 5.95. The third-order valence-electron chi connectivity index (χ3n) is 8.62. The number of guanidine groups is 1. The lowest BCUT2D eigenvalue weighted by Gasteiger charge is -2.34. The highest BCUT2D eigenvalue weighted by Gasteiger charge is 2.36. The number of benzene rings is 1. The second-order valence-electron chi connectivity index (χ2n) is 12.2. The molecular formula is C32H52N8O5. The first-order chi connectivity index (χ1) is 21.4. The van der Waals surface area contributed by atoms with Gasteiger partial charge in [0.05, 0.1) is 0 Å². The number of rotatable bonds is 14. The van der Waals surface area contributed by atoms with Crippen LogP contribution in [0.1, 0.15) is 95.1 Å². The minimum Gasteiger partial charge on any atom is -0.481 e. The Morgan fingerprint density at radius 1 is 0.844 bits per heavy atom. The zero-order valence-electron chi connectivity index (χ0n) is 26.4. The average molecular weight is 629 g/mol. The highest BCUT2D eigenvalue weighted by Crippen LogP contribution is 2.33. The fraction of sp³-hybridized carbons (Fsp3) is 0.625. The maximum absolute atomic E-state index is 14.0. The molecule has 45 heavy (non-hydrogen) atoms. The summed E-state index contributed by atoms with van der Waals surface area (Å²) >= 11 is 0. The second-order valence-corrected chi connectivity index (χ2v) is 12.2. The van der Waals surface area contributed by atoms with Gasteiger partial charge in [-0.1, -0.05) is 62.8 Å². The van der Waals surface area contributed by atoms with Gasteiger partial charge in [0.2, 0.25) is 17.7 Å². The Bertz CT molecular complexity index is 1140. The zero-order chi connectivity index (χ0) is 33.4. The fourth-order valence-electron chi connectivity index (χ4n) is 6.29. The summed E-state index contributed by atoms with van der Waals surface area (Å²) in [6.07, 6.45) is 11.4. The fourth-order valence-corrected chi connectivity index (χ4v) is 6.29. The maximum Gasteiger partial charge on any atom is 0.300 e. The minimum atomic E-state index is -0.881. The summed E-state index contributed by atoms with van der Waals surface area (Å²) in [5.41, 5.74) is 18.2. The van der Waals surface area contributed by atoms with Crippen molar-refractivity contribution >= 4 is 35.5 Å². The minimum absolute atomic E-state index is 0.00356. The van der Waals surface area contributed by atoms with Crippen molar-refractivity contribution in [3.05, 3.63) is 35.4 Å². The Morgan fingerprint density at radius 2 is 1.38 bits per heavy atom.